The van der Waals surface area contributed by atoms with Crippen LogP contribution >= 0.6 is 0 Å². The molecule has 6 nitrogen and oxygen atoms in total. The van der Waals surface area contributed by atoms with Crippen molar-refractivity contribution in [2.24, 2.45) is 0 Å². The number of rotatable bonds is 4. The molecule has 0 saturated heterocycles. The summed E-state index contributed by atoms with van der Waals surface area (Å²) >= 11 is 0. The van der Waals surface area contributed by atoms with E-state index in [1.165, 1.54) is 24.3 Å². The van der Waals surface area contributed by atoms with E-state index in [1.807, 2.05) is 31.2 Å². The van der Waals surface area contributed by atoms with Crippen LogP contribution in [0.3, 0.4) is 0 Å². The first-order chi connectivity index (χ1) is 14.5. The van der Waals surface area contributed by atoms with Crippen LogP contribution in [-0.4, -0.2) is 23.5 Å². The number of carbonyl (C=O) groups excluding carboxylic acids is 2. The molecular weight excluding hydrogens is 383 g/mol. The largest absolute Gasteiger partial charge is 0.344 e. The molecule has 7 heteroatoms. The summed E-state index contributed by atoms with van der Waals surface area (Å²) in [6.07, 6.45) is 2.27. The highest BCUT2D eigenvalue weighted by Crippen LogP contribution is 2.31. The molecule has 3 aromatic rings. The van der Waals surface area contributed by atoms with Crippen molar-refractivity contribution in [3.05, 3.63) is 89.5 Å². The first-order valence-electron chi connectivity index (χ1n) is 9.70. The summed E-state index contributed by atoms with van der Waals surface area (Å²) in [4.78, 5) is 31.5. The molecule has 0 fully saturated rings. The number of aromatic nitrogens is 1. The number of carbonyl (C=O) groups is 2. The van der Waals surface area contributed by atoms with E-state index in [1.54, 1.807) is 23.2 Å². The Morgan fingerprint density at radius 1 is 1.07 bits per heavy atom. The highest BCUT2D eigenvalue weighted by molar-refractivity contribution is 6.05. The van der Waals surface area contributed by atoms with Gasteiger partial charge in [-0.2, -0.15) is 0 Å². The van der Waals surface area contributed by atoms with Crippen LogP contribution in [0.2, 0.25) is 0 Å². The number of amides is 3. The monoisotopic (exact) mass is 404 g/mol. The van der Waals surface area contributed by atoms with Crippen molar-refractivity contribution in [2.45, 2.75) is 19.4 Å². The van der Waals surface area contributed by atoms with E-state index in [0.29, 0.717) is 29.9 Å². The van der Waals surface area contributed by atoms with Gasteiger partial charge in [-0.05, 0) is 67.4 Å². The van der Waals surface area contributed by atoms with Gasteiger partial charge in [0.05, 0.1) is 11.7 Å². The number of anilines is 2. The number of benzene rings is 2. The van der Waals surface area contributed by atoms with Crippen LogP contribution < -0.4 is 15.5 Å². The molecule has 0 saturated carbocycles. The molecule has 2 heterocycles. The number of hydrogen-bond donors (Lipinski definition) is 2. The van der Waals surface area contributed by atoms with E-state index in [4.69, 9.17) is 0 Å². The van der Waals surface area contributed by atoms with Crippen LogP contribution in [0.25, 0.3) is 0 Å². The Hall–Kier alpha value is -3.74. The topological polar surface area (TPSA) is 74.3 Å². The zero-order chi connectivity index (χ0) is 21.1. The summed E-state index contributed by atoms with van der Waals surface area (Å²) in [5, 5.41) is 5.74. The molecule has 1 aliphatic rings. The highest BCUT2D eigenvalue weighted by Gasteiger charge is 2.28. The first kappa shape index (κ1) is 19.6. The lowest BCUT2D eigenvalue weighted by atomic mass is 10.0. The van der Waals surface area contributed by atoms with E-state index in [2.05, 4.69) is 15.6 Å². The average molecular weight is 404 g/mol. The van der Waals surface area contributed by atoms with Gasteiger partial charge >= 0.3 is 6.03 Å². The Balaban J connectivity index is 1.50. The van der Waals surface area contributed by atoms with Crippen LogP contribution in [0.1, 0.15) is 34.6 Å². The summed E-state index contributed by atoms with van der Waals surface area (Å²) in [7, 11) is 0. The van der Waals surface area contributed by atoms with Gasteiger partial charge in [-0.3, -0.25) is 14.7 Å². The molecule has 0 bridgehead atoms. The average Bonchev–Trinajstić information content (AvgIpc) is 3.20. The Morgan fingerprint density at radius 2 is 1.87 bits per heavy atom. The van der Waals surface area contributed by atoms with E-state index in [9.17, 15) is 14.0 Å². The van der Waals surface area contributed by atoms with Crippen molar-refractivity contribution in [2.75, 3.05) is 16.8 Å². The fourth-order valence-corrected chi connectivity index (χ4v) is 3.56. The smallest absolute Gasteiger partial charge is 0.326 e. The van der Waals surface area contributed by atoms with Gasteiger partial charge in [0.2, 0.25) is 0 Å². The van der Waals surface area contributed by atoms with Crippen LogP contribution in [0.4, 0.5) is 20.6 Å². The molecule has 1 aromatic heterocycles. The lowest BCUT2D eigenvalue weighted by molar-refractivity contribution is 0.0938. The number of urea groups is 1. The fourth-order valence-electron chi connectivity index (χ4n) is 3.56. The summed E-state index contributed by atoms with van der Waals surface area (Å²) < 4.78 is 13.1. The van der Waals surface area contributed by atoms with E-state index in [-0.39, 0.29) is 23.8 Å². The standard InChI is InChI=1S/C23H21FN4O2/c1-15(20-6-2-3-13-25-20)26-22(29)19-5-4-7-21-18(19)12-14-28(21)23(30)27-17-10-8-16(24)9-11-17/h2-11,13,15H,12,14H2,1H3,(H,26,29)(H,27,30)/t15-/m0/s1. The molecule has 30 heavy (non-hydrogen) atoms. The number of pyridine rings is 1. The molecule has 4 rings (SSSR count). The first-order valence-corrected chi connectivity index (χ1v) is 9.70. The van der Waals surface area contributed by atoms with Crippen LogP contribution in [0, 0.1) is 5.82 Å². The maximum atomic E-state index is 13.1. The predicted molar refractivity (Wildman–Crippen MR) is 113 cm³/mol. The summed E-state index contributed by atoms with van der Waals surface area (Å²) in [6, 6.07) is 16.0. The maximum absolute atomic E-state index is 13.1. The Bertz CT molecular complexity index is 1070. The van der Waals surface area contributed by atoms with Crippen molar-refractivity contribution >= 4 is 23.3 Å². The minimum Gasteiger partial charge on any atom is -0.344 e. The second kappa shape index (κ2) is 8.32. The fraction of sp³-hybridized carbons (Fsp3) is 0.174. The zero-order valence-electron chi connectivity index (χ0n) is 16.4. The third-order valence-electron chi connectivity index (χ3n) is 5.09. The number of nitrogens with one attached hydrogen (secondary N) is 2. The lowest BCUT2D eigenvalue weighted by Crippen LogP contribution is -2.33. The normalized spacial score (nSPS) is 13.5. The van der Waals surface area contributed by atoms with Gasteiger partial charge in [-0.15, -0.1) is 0 Å². The van der Waals surface area contributed by atoms with Gasteiger partial charge in [-0.25, -0.2) is 9.18 Å². The molecule has 0 aliphatic carbocycles. The minimum atomic E-state index is -0.366. The molecule has 0 radical (unpaired) electrons. The second-order valence-corrected chi connectivity index (χ2v) is 7.09. The van der Waals surface area contributed by atoms with E-state index >= 15 is 0 Å². The molecule has 1 atom stereocenters. The third kappa shape index (κ3) is 4.00. The molecule has 1 aliphatic heterocycles. The van der Waals surface area contributed by atoms with E-state index in [0.717, 1.165) is 11.3 Å². The number of hydrogen-bond acceptors (Lipinski definition) is 3. The highest BCUT2D eigenvalue weighted by atomic mass is 19.1. The molecule has 152 valence electrons. The second-order valence-electron chi connectivity index (χ2n) is 7.09. The third-order valence-corrected chi connectivity index (χ3v) is 5.09. The van der Waals surface area contributed by atoms with E-state index < -0.39 is 0 Å². The van der Waals surface area contributed by atoms with Gasteiger partial charge in [0.15, 0.2) is 0 Å². The number of fused-ring (bicyclic) bond motifs is 1. The molecule has 3 amide bonds. The van der Waals surface area contributed by atoms with Gasteiger partial charge in [0, 0.05) is 29.7 Å². The lowest BCUT2D eigenvalue weighted by Gasteiger charge is -2.19. The van der Waals surface area contributed by atoms with Crippen molar-refractivity contribution in [3.63, 3.8) is 0 Å². The number of nitrogens with zero attached hydrogens (tertiary/aromatic N) is 2. The Morgan fingerprint density at radius 3 is 2.60 bits per heavy atom. The van der Waals surface area contributed by atoms with Crippen molar-refractivity contribution in [1.29, 1.82) is 0 Å². The maximum Gasteiger partial charge on any atom is 0.326 e. The number of halogens is 1. The summed E-state index contributed by atoms with van der Waals surface area (Å²) in [5.74, 6) is -0.569. The quantitative estimate of drug-likeness (QED) is 0.681. The minimum absolute atomic E-state index is 0.203. The molecule has 2 N–H and O–H groups in total. The SMILES string of the molecule is C[C@H](NC(=O)c1cccc2c1CCN2C(=O)Nc1ccc(F)cc1)c1ccccn1. The molecule has 0 spiro atoms. The Kier molecular flexibility index (Phi) is 5.43. The molecule has 2 aromatic carbocycles. The van der Waals surface area contributed by atoms with Crippen molar-refractivity contribution in [3.8, 4) is 0 Å². The summed E-state index contributed by atoms with van der Waals surface area (Å²) in [6.45, 7) is 2.34. The van der Waals surface area contributed by atoms with Crippen LogP contribution in [0.5, 0.6) is 0 Å². The van der Waals surface area contributed by atoms with Crippen molar-refractivity contribution < 1.29 is 14.0 Å². The summed E-state index contributed by atoms with van der Waals surface area (Å²) in [5.41, 5.74) is 3.37. The molecular formula is C23H21FN4O2. The molecule has 0 unspecified atom stereocenters. The zero-order valence-corrected chi connectivity index (χ0v) is 16.4. The van der Waals surface area contributed by atoms with Gasteiger partial charge in [-0.1, -0.05) is 12.1 Å². The van der Waals surface area contributed by atoms with Crippen molar-refractivity contribution in [1.82, 2.24) is 10.3 Å². The van der Waals surface area contributed by atoms with Gasteiger partial charge in [0.1, 0.15) is 5.82 Å². The Labute approximate surface area is 173 Å². The van der Waals surface area contributed by atoms with Crippen LogP contribution in [0.15, 0.2) is 66.9 Å². The van der Waals surface area contributed by atoms with Gasteiger partial charge in [0.25, 0.3) is 5.91 Å². The van der Waals surface area contributed by atoms with Crippen LogP contribution in [-0.2, 0) is 6.42 Å². The van der Waals surface area contributed by atoms with Gasteiger partial charge < -0.3 is 10.6 Å². The predicted octanol–water partition coefficient (Wildman–Crippen LogP) is 4.31.